The predicted octanol–water partition coefficient (Wildman–Crippen LogP) is 0.954. The number of nitrogens with zero attached hydrogens (tertiary/aromatic N) is 2. The van der Waals surface area contributed by atoms with Crippen molar-refractivity contribution in [3.63, 3.8) is 0 Å². The molecule has 0 saturated heterocycles. The fraction of sp³-hybridized carbons (Fsp3) is 0.214. The Bertz CT molecular complexity index is 656. The van der Waals surface area contributed by atoms with Crippen molar-refractivity contribution in [1.29, 1.82) is 0 Å². The van der Waals surface area contributed by atoms with Gasteiger partial charge in [-0.25, -0.2) is 0 Å². The predicted molar refractivity (Wildman–Crippen MR) is 75.7 cm³/mol. The molecule has 0 fully saturated rings. The Kier molecular flexibility index (Phi) is 4.55. The Morgan fingerprint density at radius 3 is 2.81 bits per heavy atom. The zero-order valence-electron chi connectivity index (χ0n) is 11.8. The third-order valence-electron chi connectivity index (χ3n) is 2.66. The summed E-state index contributed by atoms with van der Waals surface area (Å²) < 4.78 is 6.60. The number of aryl methyl sites for hydroxylation is 2. The van der Waals surface area contributed by atoms with Crippen molar-refractivity contribution in [2.24, 2.45) is 0 Å². The third kappa shape index (κ3) is 4.34. The van der Waals surface area contributed by atoms with Gasteiger partial charge in [-0.1, -0.05) is 0 Å². The molecule has 2 heterocycles. The molecular weight excluding hydrogens is 272 g/mol. The summed E-state index contributed by atoms with van der Waals surface area (Å²) in [6.07, 6.45) is 4.28. The van der Waals surface area contributed by atoms with Crippen LogP contribution in [0.4, 0.5) is 0 Å². The molecule has 0 saturated carbocycles. The molecule has 0 bridgehead atoms. The van der Waals surface area contributed by atoms with E-state index in [2.05, 4.69) is 16.0 Å². The van der Waals surface area contributed by atoms with Crippen molar-refractivity contribution in [2.75, 3.05) is 0 Å². The Hall–Kier alpha value is -2.83. The molecule has 0 aliphatic carbocycles. The van der Waals surface area contributed by atoms with Crippen LogP contribution in [0.1, 0.15) is 17.1 Å². The van der Waals surface area contributed by atoms with Gasteiger partial charge in [0.2, 0.25) is 0 Å². The molecule has 2 N–H and O–H groups in total. The SMILES string of the molecule is Cc1cc(C)n(CC(=O)NNC(=O)/C=C/c2ccco2)n1. The highest BCUT2D eigenvalue weighted by Crippen LogP contribution is 2.02. The summed E-state index contributed by atoms with van der Waals surface area (Å²) in [4.78, 5) is 23.2. The summed E-state index contributed by atoms with van der Waals surface area (Å²) in [7, 11) is 0. The van der Waals surface area contributed by atoms with Gasteiger partial charge in [0.1, 0.15) is 12.3 Å². The van der Waals surface area contributed by atoms with Gasteiger partial charge in [-0.05, 0) is 38.1 Å². The molecular formula is C14H16N4O3. The highest BCUT2D eigenvalue weighted by atomic mass is 16.3. The summed E-state index contributed by atoms with van der Waals surface area (Å²) in [6, 6.07) is 5.30. The van der Waals surface area contributed by atoms with Crippen molar-refractivity contribution in [3.05, 3.63) is 47.7 Å². The van der Waals surface area contributed by atoms with Gasteiger partial charge >= 0.3 is 0 Å². The van der Waals surface area contributed by atoms with Gasteiger partial charge in [0.15, 0.2) is 0 Å². The molecule has 2 rings (SSSR count). The molecule has 0 aliphatic rings. The fourth-order valence-corrected chi connectivity index (χ4v) is 1.73. The smallest absolute Gasteiger partial charge is 0.262 e. The normalized spacial score (nSPS) is 10.8. The van der Waals surface area contributed by atoms with E-state index in [0.29, 0.717) is 5.76 Å². The third-order valence-corrected chi connectivity index (χ3v) is 2.66. The van der Waals surface area contributed by atoms with Crippen LogP contribution < -0.4 is 10.9 Å². The first-order valence-electron chi connectivity index (χ1n) is 6.36. The number of furan rings is 1. The molecule has 0 aromatic carbocycles. The van der Waals surface area contributed by atoms with Crippen LogP contribution in [0.25, 0.3) is 6.08 Å². The van der Waals surface area contributed by atoms with Crippen LogP contribution in [0, 0.1) is 13.8 Å². The first-order valence-corrected chi connectivity index (χ1v) is 6.36. The summed E-state index contributed by atoms with van der Waals surface area (Å²) in [5, 5.41) is 4.16. The number of nitrogens with one attached hydrogen (secondary N) is 2. The summed E-state index contributed by atoms with van der Waals surface area (Å²) in [5.74, 6) is -0.256. The molecule has 7 heteroatoms. The lowest BCUT2D eigenvalue weighted by atomic mass is 10.4. The van der Waals surface area contributed by atoms with Gasteiger partial charge in [0.25, 0.3) is 11.8 Å². The van der Waals surface area contributed by atoms with Gasteiger partial charge in [-0.15, -0.1) is 0 Å². The summed E-state index contributed by atoms with van der Waals surface area (Å²) in [6.45, 7) is 3.75. The van der Waals surface area contributed by atoms with Crippen LogP contribution in [0.15, 0.2) is 35.0 Å². The van der Waals surface area contributed by atoms with Crippen LogP contribution in [-0.4, -0.2) is 21.6 Å². The zero-order valence-corrected chi connectivity index (χ0v) is 11.8. The van der Waals surface area contributed by atoms with E-state index in [4.69, 9.17) is 4.42 Å². The topological polar surface area (TPSA) is 89.2 Å². The van der Waals surface area contributed by atoms with Crippen LogP contribution >= 0.6 is 0 Å². The van der Waals surface area contributed by atoms with E-state index in [-0.39, 0.29) is 12.5 Å². The van der Waals surface area contributed by atoms with Gasteiger partial charge in [0, 0.05) is 11.8 Å². The maximum absolute atomic E-state index is 11.7. The van der Waals surface area contributed by atoms with Crippen LogP contribution in [0.2, 0.25) is 0 Å². The number of carbonyl (C=O) groups is 2. The van der Waals surface area contributed by atoms with Gasteiger partial charge in [-0.3, -0.25) is 25.1 Å². The summed E-state index contributed by atoms with van der Waals surface area (Å²) >= 11 is 0. The lowest BCUT2D eigenvalue weighted by Crippen LogP contribution is -2.42. The molecule has 0 radical (unpaired) electrons. The highest BCUT2D eigenvalue weighted by Gasteiger charge is 2.07. The molecule has 2 amide bonds. The number of aromatic nitrogens is 2. The van der Waals surface area contributed by atoms with E-state index in [9.17, 15) is 9.59 Å². The van der Waals surface area contributed by atoms with Gasteiger partial charge in [-0.2, -0.15) is 5.10 Å². The van der Waals surface area contributed by atoms with Crippen molar-refractivity contribution in [1.82, 2.24) is 20.6 Å². The van der Waals surface area contributed by atoms with Gasteiger partial charge in [0.05, 0.1) is 12.0 Å². The molecule has 2 aromatic rings. The van der Waals surface area contributed by atoms with Gasteiger partial charge < -0.3 is 4.42 Å². The second kappa shape index (κ2) is 6.56. The fourth-order valence-electron chi connectivity index (χ4n) is 1.73. The Balaban J connectivity index is 1.78. The minimum absolute atomic E-state index is 0.0435. The number of rotatable bonds is 4. The highest BCUT2D eigenvalue weighted by molar-refractivity contribution is 5.92. The summed E-state index contributed by atoms with van der Waals surface area (Å²) in [5.41, 5.74) is 6.32. The second-order valence-corrected chi connectivity index (χ2v) is 4.47. The van der Waals surface area contributed by atoms with Crippen molar-refractivity contribution in [2.45, 2.75) is 20.4 Å². The Morgan fingerprint density at radius 1 is 1.38 bits per heavy atom. The second-order valence-electron chi connectivity index (χ2n) is 4.47. The van der Waals surface area contributed by atoms with Crippen molar-refractivity contribution >= 4 is 17.9 Å². The van der Waals surface area contributed by atoms with Crippen LogP contribution in [0.5, 0.6) is 0 Å². The first-order chi connectivity index (χ1) is 10.0. The van der Waals surface area contributed by atoms with E-state index >= 15 is 0 Å². The number of amides is 2. The first kappa shape index (κ1) is 14.6. The lowest BCUT2D eigenvalue weighted by molar-refractivity contribution is -0.127. The van der Waals surface area contributed by atoms with Crippen molar-refractivity contribution in [3.8, 4) is 0 Å². The quantitative estimate of drug-likeness (QED) is 0.647. The monoisotopic (exact) mass is 288 g/mol. The lowest BCUT2D eigenvalue weighted by Gasteiger charge is -2.06. The average molecular weight is 288 g/mol. The Morgan fingerprint density at radius 2 is 2.19 bits per heavy atom. The van der Waals surface area contributed by atoms with Crippen LogP contribution in [-0.2, 0) is 16.1 Å². The standard InChI is InChI=1S/C14H16N4O3/c1-10-8-11(2)18(17-10)9-14(20)16-15-13(19)6-5-12-4-3-7-21-12/h3-8H,9H2,1-2H3,(H,15,19)(H,16,20)/b6-5+. The van der Waals surface area contributed by atoms with E-state index in [1.807, 2.05) is 19.9 Å². The number of carbonyl (C=O) groups excluding carboxylic acids is 2. The van der Waals surface area contributed by atoms with E-state index in [0.717, 1.165) is 11.4 Å². The molecule has 2 aromatic heterocycles. The van der Waals surface area contributed by atoms with E-state index in [1.54, 1.807) is 16.8 Å². The largest absolute Gasteiger partial charge is 0.465 e. The average Bonchev–Trinajstić information content (AvgIpc) is 3.04. The van der Waals surface area contributed by atoms with E-state index < -0.39 is 5.91 Å². The maximum atomic E-state index is 11.7. The number of hydrogen-bond acceptors (Lipinski definition) is 4. The molecule has 0 atom stereocenters. The van der Waals surface area contributed by atoms with Crippen LogP contribution in [0.3, 0.4) is 0 Å². The molecule has 7 nitrogen and oxygen atoms in total. The van der Waals surface area contributed by atoms with Crippen molar-refractivity contribution < 1.29 is 14.0 Å². The molecule has 0 spiro atoms. The molecule has 0 unspecified atom stereocenters. The zero-order chi connectivity index (χ0) is 15.2. The van der Waals surface area contributed by atoms with E-state index in [1.165, 1.54) is 18.4 Å². The minimum atomic E-state index is -0.451. The maximum Gasteiger partial charge on any atom is 0.262 e. The molecule has 0 aliphatic heterocycles. The number of hydrazine groups is 1. The minimum Gasteiger partial charge on any atom is -0.465 e. The molecule has 21 heavy (non-hydrogen) atoms. The molecule has 110 valence electrons. The Labute approximate surface area is 121 Å². The number of hydrogen-bond donors (Lipinski definition) is 2.